The van der Waals surface area contributed by atoms with E-state index in [9.17, 15) is 9.18 Å². The third-order valence-electron chi connectivity index (χ3n) is 4.52. The van der Waals surface area contributed by atoms with Crippen LogP contribution in [0.1, 0.15) is 36.5 Å². The van der Waals surface area contributed by atoms with Crippen LogP contribution in [0.3, 0.4) is 0 Å². The van der Waals surface area contributed by atoms with Crippen molar-refractivity contribution >= 4 is 11.6 Å². The van der Waals surface area contributed by atoms with Crippen LogP contribution < -0.4 is 4.90 Å². The highest BCUT2D eigenvalue weighted by Crippen LogP contribution is 2.25. The number of rotatable bonds is 3. The van der Waals surface area contributed by atoms with Gasteiger partial charge in [0.1, 0.15) is 5.82 Å². The second-order valence-electron chi connectivity index (χ2n) is 6.01. The molecular formula is C17H23FN2O2. The Labute approximate surface area is 130 Å². The van der Waals surface area contributed by atoms with Crippen molar-refractivity contribution in [2.24, 2.45) is 0 Å². The van der Waals surface area contributed by atoms with Crippen LogP contribution in [0.15, 0.2) is 18.2 Å². The van der Waals surface area contributed by atoms with Crippen LogP contribution >= 0.6 is 0 Å². The first-order chi connectivity index (χ1) is 10.7. The van der Waals surface area contributed by atoms with Crippen molar-refractivity contribution < 1.29 is 13.9 Å². The van der Waals surface area contributed by atoms with Gasteiger partial charge in [-0.1, -0.05) is 6.92 Å². The molecule has 0 saturated carbocycles. The Bertz CT molecular complexity index is 543. The van der Waals surface area contributed by atoms with Crippen molar-refractivity contribution in [3.63, 3.8) is 0 Å². The topological polar surface area (TPSA) is 32.8 Å². The summed E-state index contributed by atoms with van der Waals surface area (Å²) in [6.45, 7) is 5.55. The van der Waals surface area contributed by atoms with Gasteiger partial charge in [0, 0.05) is 31.7 Å². The molecule has 120 valence electrons. The molecule has 0 bridgehead atoms. The van der Waals surface area contributed by atoms with E-state index in [1.54, 1.807) is 17.0 Å². The van der Waals surface area contributed by atoms with Crippen molar-refractivity contribution in [2.45, 2.75) is 32.3 Å². The van der Waals surface area contributed by atoms with Crippen molar-refractivity contribution in [3.05, 3.63) is 29.6 Å². The molecule has 0 radical (unpaired) electrons. The average molecular weight is 306 g/mol. The van der Waals surface area contributed by atoms with E-state index in [0.29, 0.717) is 30.9 Å². The first-order valence-corrected chi connectivity index (χ1v) is 8.14. The van der Waals surface area contributed by atoms with Gasteiger partial charge in [-0.3, -0.25) is 4.79 Å². The lowest BCUT2D eigenvalue weighted by Crippen LogP contribution is -2.45. The van der Waals surface area contributed by atoms with Crippen LogP contribution in [-0.2, 0) is 4.74 Å². The number of hydrogen-bond acceptors (Lipinski definition) is 3. The molecule has 2 fully saturated rings. The number of amides is 1. The molecule has 1 unspecified atom stereocenters. The quantitative estimate of drug-likeness (QED) is 0.861. The summed E-state index contributed by atoms with van der Waals surface area (Å²) in [7, 11) is 0. The molecule has 0 aliphatic carbocycles. The number of carbonyl (C=O) groups excluding carboxylic acids is 1. The smallest absolute Gasteiger partial charge is 0.254 e. The average Bonchev–Trinajstić information content (AvgIpc) is 3.08. The maximum atomic E-state index is 14.3. The Hall–Kier alpha value is -1.62. The molecule has 3 rings (SSSR count). The molecule has 22 heavy (non-hydrogen) atoms. The highest BCUT2D eigenvalue weighted by molar-refractivity contribution is 5.94. The van der Waals surface area contributed by atoms with Crippen molar-refractivity contribution in [1.82, 2.24) is 4.90 Å². The second kappa shape index (κ2) is 6.65. The van der Waals surface area contributed by atoms with Crippen molar-refractivity contribution in [1.29, 1.82) is 0 Å². The van der Waals surface area contributed by atoms with Crippen LogP contribution in [0.25, 0.3) is 0 Å². The van der Waals surface area contributed by atoms with Gasteiger partial charge in [0.25, 0.3) is 5.91 Å². The van der Waals surface area contributed by atoms with Gasteiger partial charge in [-0.15, -0.1) is 0 Å². The van der Waals surface area contributed by atoms with E-state index >= 15 is 0 Å². The number of morpholine rings is 1. The van der Waals surface area contributed by atoms with Crippen molar-refractivity contribution in [2.75, 3.05) is 37.7 Å². The van der Waals surface area contributed by atoms with E-state index in [-0.39, 0.29) is 17.8 Å². The number of hydrogen-bond donors (Lipinski definition) is 0. The van der Waals surface area contributed by atoms with E-state index in [0.717, 1.165) is 32.4 Å². The zero-order chi connectivity index (χ0) is 15.5. The van der Waals surface area contributed by atoms with Crippen LogP contribution in [0, 0.1) is 5.82 Å². The molecule has 1 amide bonds. The largest absolute Gasteiger partial charge is 0.375 e. The molecule has 0 N–H and O–H groups in total. The standard InChI is InChI=1S/C17H23FN2O2/c1-2-14-12-20(9-10-22-14)17(21)13-5-6-16(15(18)11-13)19-7-3-4-8-19/h5-6,11,14H,2-4,7-10,12H2,1H3. The minimum atomic E-state index is -0.298. The lowest BCUT2D eigenvalue weighted by molar-refractivity contribution is -0.0226. The summed E-state index contributed by atoms with van der Waals surface area (Å²) in [5.74, 6) is -0.401. The normalized spacial score (nSPS) is 22.2. The van der Waals surface area contributed by atoms with Gasteiger partial charge >= 0.3 is 0 Å². The summed E-state index contributed by atoms with van der Waals surface area (Å²) in [5, 5.41) is 0. The lowest BCUT2D eigenvalue weighted by Gasteiger charge is -2.32. The van der Waals surface area contributed by atoms with Gasteiger partial charge in [-0.05, 0) is 37.5 Å². The van der Waals surface area contributed by atoms with Gasteiger partial charge in [0.05, 0.1) is 18.4 Å². The predicted octanol–water partition coefficient (Wildman–Crippen LogP) is 2.68. The lowest BCUT2D eigenvalue weighted by atomic mass is 10.1. The molecule has 0 spiro atoms. The third-order valence-corrected chi connectivity index (χ3v) is 4.52. The Morgan fingerprint density at radius 3 is 2.77 bits per heavy atom. The first-order valence-electron chi connectivity index (χ1n) is 8.14. The molecule has 4 nitrogen and oxygen atoms in total. The van der Waals surface area contributed by atoms with Crippen molar-refractivity contribution in [3.8, 4) is 0 Å². The molecule has 2 saturated heterocycles. The summed E-state index contributed by atoms with van der Waals surface area (Å²) in [5.41, 5.74) is 1.04. The molecule has 1 atom stereocenters. The third kappa shape index (κ3) is 3.09. The molecule has 2 aliphatic heterocycles. The monoisotopic (exact) mass is 306 g/mol. The molecule has 0 aromatic heterocycles. The number of benzene rings is 1. The molecular weight excluding hydrogens is 283 g/mol. The Balaban J connectivity index is 1.74. The first kappa shape index (κ1) is 15.3. The van der Waals surface area contributed by atoms with Crippen LogP contribution in [0.2, 0.25) is 0 Å². The molecule has 2 heterocycles. The van der Waals surface area contributed by atoms with Gasteiger partial charge in [0.15, 0.2) is 0 Å². The van der Waals surface area contributed by atoms with E-state index in [4.69, 9.17) is 4.74 Å². The SMILES string of the molecule is CCC1CN(C(=O)c2ccc(N3CCCC3)c(F)c2)CCO1. The molecule has 5 heteroatoms. The Morgan fingerprint density at radius 1 is 1.32 bits per heavy atom. The fourth-order valence-corrected chi connectivity index (χ4v) is 3.19. The number of anilines is 1. The molecule has 2 aliphatic rings. The number of halogens is 1. The summed E-state index contributed by atoms with van der Waals surface area (Å²) in [6.07, 6.45) is 3.18. The van der Waals surface area contributed by atoms with E-state index in [2.05, 4.69) is 0 Å². The van der Waals surface area contributed by atoms with Gasteiger partial charge in [-0.2, -0.15) is 0 Å². The van der Waals surface area contributed by atoms with Gasteiger partial charge < -0.3 is 14.5 Å². The zero-order valence-electron chi connectivity index (χ0n) is 13.1. The predicted molar refractivity (Wildman–Crippen MR) is 83.8 cm³/mol. The van der Waals surface area contributed by atoms with Gasteiger partial charge in [-0.25, -0.2) is 4.39 Å². The zero-order valence-corrected chi connectivity index (χ0v) is 13.1. The fourth-order valence-electron chi connectivity index (χ4n) is 3.19. The summed E-state index contributed by atoms with van der Waals surface area (Å²) < 4.78 is 19.9. The highest BCUT2D eigenvalue weighted by atomic mass is 19.1. The molecule has 1 aromatic carbocycles. The van der Waals surface area contributed by atoms with E-state index < -0.39 is 0 Å². The van der Waals surface area contributed by atoms with E-state index in [1.807, 2.05) is 11.8 Å². The summed E-state index contributed by atoms with van der Waals surface area (Å²) >= 11 is 0. The summed E-state index contributed by atoms with van der Waals surface area (Å²) in [6, 6.07) is 4.87. The fraction of sp³-hybridized carbons (Fsp3) is 0.588. The minimum Gasteiger partial charge on any atom is -0.375 e. The van der Waals surface area contributed by atoms with E-state index in [1.165, 1.54) is 6.07 Å². The maximum absolute atomic E-state index is 14.3. The van der Waals surface area contributed by atoms with Crippen LogP contribution in [0.5, 0.6) is 0 Å². The Kier molecular flexibility index (Phi) is 4.62. The number of ether oxygens (including phenoxy) is 1. The maximum Gasteiger partial charge on any atom is 0.254 e. The van der Waals surface area contributed by atoms with Crippen LogP contribution in [-0.4, -0.2) is 49.7 Å². The van der Waals surface area contributed by atoms with Gasteiger partial charge in [0.2, 0.25) is 0 Å². The number of nitrogens with zero attached hydrogens (tertiary/aromatic N) is 2. The minimum absolute atomic E-state index is 0.0893. The van der Waals surface area contributed by atoms with Crippen LogP contribution in [0.4, 0.5) is 10.1 Å². The second-order valence-corrected chi connectivity index (χ2v) is 6.01. The highest BCUT2D eigenvalue weighted by Gasteiger charge is 2.25. The number of carbonyl (C=O) groups is 1. The Morgan fingerprint density at radius 2 is 2.09 bits per heavy atom. The summed E-state index contributed by atoms with van der Waals surface area (Å²) in [4.78, 5) is 16.3. The molecule has 1 aromatic rings.